The Labute approximate surface area is 254 Å². The summed E-state index contributed by atoms with van der Waals surface area (Å²) in [6, 6.07) is 21.6. The zero-order valence-corrected chi connectivity index (χ0v) is 24.6. The van der Waals surface area contributed by atoms with Crippen molar-refractivity contribution in [2.24, 2.45) is 17.8 Å². The summed E-state index contributed by atoms with van der Waals surface area (Å²) in [5, 5.41) is 15.1. The lowest BCUT2D eigenvalue weighted by Gasteiger charge is -2.58. The number of methoxy groups -OCH3 is 1. The molecule has 0 aliphatic heterocycles. The van der Waals surface area contributed by atoms with Crippen LogP contribution in [0.25, 0.3) is 16.6 Å². The number of ether oxygens (including phenoxy) is 1. The van der Waals surface area contributed by atoms with E-state index in [0.29, 0.717) is 50.5 Å². The number of nitrogens with zero attached hydrogens (tertiary/aromatic N) is 1. The van der Waals surface area contributed by atoms with Crippen molar-refractivity contribution >= 4 is 34.4 Å². The third kappa shape index (κ3) is 4.94. The fourth-order valence-corrected chi connectivity index (χ4v) is 8.32. The van der Waals surface area contributed by atoms with Crippen molar-refractivity contribution in [1.29, 1.82) is 0 Å². The first-order valence-electron chi connectivity index (χ1n) is 14.9. The van der Waals surface area contributed by atoms with E-state index in [2.05, 4.69) is 5.32 Å². The molecule has 4 bridgehead atoms. The summed E-state index contributed by atoms with van der Waals surface area (Å²) < 4.78 is 6.91. The first-order valence-corrected chi connectivity index (χ1v) is 15.2. The van der Waals surface area contributed by atoms with E-state index in [0.717, 1.165) is 37.7 Å². The number of benzene rings is 3. The minimum absolute atomic E-state index is 0.0918. The Balaban J connectivity index is 1.21. The minimum Gasteiger partial charge on any atom is -0.464 e. The van der Waals surface area contributed by atoms with Crippen LogP contribution in [0.3, 0.4) is 0 Å². The Morgan fingerprint density at radius 1 is 1.00 bits per heavy atom. The third-order valence-corrected chi connectivity index (χ3v) is 9.99. The van der Waals surface area contributed by atoms with Gasteiger partial charge in [0.2, 0.25) is 0 Å². The monoisotopic (exact) mass is 596 g/mol. The van der Waals surface area contributed by atoms with E-state index in [1.165, 1.54) is 7.11 Å². The van der Waals surface area contributed by atoms with E-state index in [-0.39, 0.29) is 29.5 Å². The number of halogens is 1. The minimum atomic E-state index is -0.630. The first-order chi connectivity index (χ1) is 20.7. The van der Waals surface area contributed by atoms with Gasteiger partial charge in [0.15, 0.2) is 5.43 Å². The van der Waals surface area contributed by atoms with Crippen molar-refractivity contribution in [3.05, 3.63) is 110 Å². The summed E-state index contributed by atoms with van der Waals surface area (Å²) in [6.45, 7) is 0. The van der Waals surface area contributed by atoms with Crippen LogP contribution in [-0.2, 0) is 11.2 Å². The molecule has 1 amide bonds. The number of carbonyl (C=O) groups is 2. The fourth-order valence-electron chi connectivity index (χ4n) is 8.16. The van der Waals surface area contributed by atoms with Crippen LogP contribution >= 0.6 is 11.6 Å². The molecule has 4 aliphatic rings. The van der Waals surface area contributed by atoms with Gasteiger partial charge in [-0.15, -0.1) is 0 Å². The summed E-state index contributed by atoms with van der Waals surface area (Å²) in [4.78, 5) is 40.4. The second-order valence-electron chi connectivity index (χ2n) is 12.5. The molecule has 1 heterocycles. The maximum atomic E-state index is 13.9. The molecule has 8 heteroatoms. The van der Waals surface area contributed by atoms with E-state index in [1.807, 2.05) is 42.5 Å². The van der Waals surface area contributed by atoms with Gasteiger partial charge in [0.05, 0.1) is 18.2 Å². The van der Waals surface area contributed by atoms with Gasteiger partial charge in [0, 0.05) is 39.7 Å². The van der Waals surface area contributed by atoms with Crippen LogP contribution < -0.4 is 10.7 Å². The number of hydrogen-bond acceptors (Lipinski definition) is 5. The quantitative estimate of drug-likeness (QED) is 0.279. The normalized spacial score (nSPS) is 25.6. The first kappa shape index (κ1) is 27.9. The van der Waals surface area contributed by atoms with Gasteiger partial charge in [-0.2, -0.15) is 0 Å². The second-order valence-corrected chi connectivity index (χ2v) is 13.0. The van der Waals surface area contributed by atoms with Crippen molar-refractivity contribution in [3.63, 3.8) is 0 Å². The molecule has 0 radical (unpaired) electrons. The third-order valence-electron chi connectivity index (χ3n) is 9.76. The Morgan fingerprint density at radius 3 is 2.35 bits per heavy atom. The number of fused-ring (bicyclic) bond motifs is 1. The standard InChI is InChI=1S/C35H33ClN2O5/c1-43-34(41)31-28(32(39)27-12-11-25(36)16-29(27)38(31)26-5-3-2-4-6-26)15-20-7-9-22(10-8-20)33(40)37-30-23-13-21-14-24(30)19-35(42,17-21)18-23/h2-12,16,21,23-24,30,42H,13-15,17-19H2,1H3,(H,37,40)/t21-,23-,24+,30?,35+. The lowest BCUT2D eigenvalue weighted by molar-refractivity contribution is -0.136. The Bertz CT molecular complexity index is 1780. The summed E-state index contributed by atoms with van der Waals surface area (Å²) in [6.07, 6.45) is 4.76. The smallest absolute Gasteiger partial charge is 0.355 e. The molecule has 4 aromatic rings. The summed E-state index contributed by atoms with van der Waals surface area (Å²) in [5.74, 6) is 0.467. The molecule has 0 saturated heterocycles. The molecule has 2 N–H and O–H groups in total. The van der Waals surface area contributed by atoms with Crippen LogP contribution in [0.5, 0.6) is 0 Å². The number of carbonyl (C=O) groups excluding carboxylic acids is 2. The zero-order valence-electron chi connectivity index (χ0n) is 23.9. The van der Waals surface area contributed by atoms with Gasteiger partial charge in [0.25, 0.3) is 5.91 Å². The lowest BCUT2D eigenvalue weighted by atomic mass is 9.52. The Morgan fingerprint density at radius 2 is 1.70 bits per heavy atom. The molecule has 1 aromatic heterocycles. The van der Waals surface area contributed by atoms with Crippen LogP contribution in [0.2, 0.25) is 5.02 Å². The average molecular weight is 597 g/mol. The van der Waals surface area contributed by atoms with Gasteiger partial charge in [-0.05, 0) is 97.9 Å². The number of esters is 1. The van der Waals surface area contributed by atoms with Crippen LogP contribution in [0.1, 0.15) is 64.1 Å². The maximum absolute atomic E-state index is 13.9. The van der Waals surface area contributed by atoms with E-state index >= 15 is 0 Å². The molecule has 8 rings (SSSR count). The largest absolute Gasteiger partial charge is 0.464 e. The molecule has 7 nitrogen and oxygen atoms in total. The molecule has 43 heavy (non-hydrogen) atoms. The second kappa shape index (κ2) is 10.6. The summed E-state index contributed by atoms with van der Waals surface area (Å²) >= 11 is 6.33. The topological polar surface area (TPSA) is 97.6 Å². The number of nitrogens with one attached hydrogen (secondary N) is 1. The molecule has 4 fully saturated rings. The van der Waals surface area contributed by atoms with E-state index in [4.69, 9.17) is 16.3 Å². The Kier molecular flexibility index (Phi) is 6.90. The van der Waals surface area contributed by atoms with Gasteiger partial charge in [0.1, 0.15) is 5.69 Å². The number of rotatable bonds is 6. The number of aromatic nitrogens is 1. The molecule has 4 saturated carbocycles. The van der Waals surface area contributed by atoms with Crippen LogP contribution in [0, 0.1) is 17.8 Å². The molecule has 1 unspecified atom stereocenters. The highest BCUT2D eigenvalue weighted by Crippen LogP contribution is 2.55. The Hall–Kier alpha value is -3.94. The van der Waals surface area contributed by atoms with Gasteiger partial charge in [-0.1, -0.05) is 41.9 Å². The van der Waals surface area contributed by atoms with Gasteiger partial charge in [-0.3, -0.25) is 9.59 Å². The van der Waals surface area contributed by atoms with Gasteiger partial charge in [-0.25, -0.2) is 4.79 Å². The molecule has 3 aromatic carbocycles. The highest BCUT2D eigenvalue weighted by molar-refractivity contribution is 6.31. The molecule has 220 valence electrons. The van der Waals surface area contributed by atoms with Crippen molar-refractivity contribution < 1.29 is 19.4 Å². The number of hydrogen-bond donors (Lipinski definition) is 2. The summed E-state index contributed by atoms with van der Waals surface area (Å²) in [5.41, 5.74) is 2.15. The van der Waals surface area contributed by atoms with E-state index in [1.54, 1.807) is 34.9 Å². The van der Waals surface area contributed by atoms with Gasteiger partial charge >= 0.3 is 5.97 Å². The predicted molar refractivity (Wildman–Crippen MR) is 165 cm³/mol. The van der Waals surface area contributed by atoms with Crippen molar-refractivity contribution in [1.82, 2.24) is 9.88 Å². The SMILES string of the molecule is COC(=O)c1c(Cc2ccc(C(=O)NC3[C@@H]4C[C@@H]5C[C@H]3C[C@](O)(C5)C4)cc2)c(=O)c2ccc(Cl)cc2n1-c1ccccc1. The maximum Gasteiger partial charge on any atom is 0.355 e. The number of amides is 1. The van der Waals surface area contributed by atoms with Crippen molar-refractivity contribution in [2.45, 2.75) is 50.2 Å². The van der Waals surface area contributed by atoms with Crippen molar-refractivity contribution in [2.75, 3.05) is 7.11 Å². The lowest BCUT2D eigenvalue weighted by Crippen LogP contribution is -2.61. The van der Waals surface area contributed by atoms with E-state index in [9.17, 15) is 19.5 Å². The fraction of sp³-hybridized carbons (Fsp3) is 0.343. The average Bonchev–Trinajstić information content (AvgIpc) is 2.99. The predicted octanol–water partition coefficient (Wildman–Crippen LogP) is 5.69. The number of para-hydroxylation sites is 1. The molecule has 4 aliphatic carbocycles. The van der Waals surface area contributed by atoms with Gasteiger partial charge < -0.3 is 19.7 Å². The summed E-state index contributed by atoms with van der Waals surface area (Å²) in [7, 11) is 1.30. The molecule has 5 atom stereocenters. The number of pyridine rings is 1. The van der Waals surface area contributed by atoms with Crippen LogP contribution in [0.15, 0.2) is 77.6 Å². The van der Waals surface area contributed by atoms with Crippen LogP contribution in [0.4, 0.5) is 0 Å². The number of aliphatic hydroxyl groups is 1. The van der Waals surface area contributed by atoms with Crippen LogP contribution in [-0.4, -0.2) is 40.3 Å². The molecular formula is C35H33ClN2O5. The molecular weight excluding hydrogens is 564 g/mol. The van der Waals surface area contributed by atoms with Crippen molar-refractivity contribution in [3.8, 4) is 5.69 Å². The van der Waals surface area contributed by atoms with E-state index < -0.39 is 11.6 Å². The molecule has 0 spiro atoms. The highest BCUT2D eigenvalue weighted by atomic mass is 35.5. The highest BCUT2D eigenvalue weighted by Gasteiger charge is 2.55. The zero-order chi connectivity index (χ0) is 29.9.